The summed E-state index contributed by atoms with van der Waals surface area (Å²) in [5.41, 5.74) is 5.28. The van der Waals surface area contributed by atoms with E-state index in [1.807, 2.05) is 0 Å². The average Bonchev–Trinajstić information content (AvgIpc) is 2.58. The molecule has 0 unspecified atom stereocenters. The van der Waals surface area contributed by atoms with Crippen molar-refractivity contribution >= 4 is 17.6 Å². The van der Waals surface area contributed by atoms with Crippen LogP contribution in [0.25, 0.3) is 0 Å². The number of nitrogens with two attached hydrogens (primary N) is 1. The van der Waals surface area contributed by atoms with Crippen molar-refractivity contribution < 1.29 is 14.7 Å². The molecule has 4 N–H and O–H groups in total. The second-order valence-corrected chi connectivity index (χ2v) is 4.47. The molecule has 1 aromatic heterocycles. The van der Waals surface area contributed by atoms with Gasteiger partial charge in [0.1, 0.15) is 6.54 Å². The van der Waals surface area contributed by atoms with E-state index >= 15 is 0 Å². The van der Waals surface area contributed by atoms with Gasteiger partial charge in [-0.05, 0) is 12.3 Å². The van der Waals surface area contributed by atoms with Crippen LogP contribution in [0.1, 0.15) is 30.8 Å². The molecule has 7 heteroatoms. The second-order valence-electron chi connectivity index (χ2n) is 4.47. The molecule has 1 amide bonds. The van der Waals surface area contributed by atoms with Crippen LogP contribution in [-0.2, 0) is 11.3 Å². The van der Waals surface area contributed by atoms with Gasteiger partial charge in [-0.25, -0.2) is 4.79 Å². The van der Waals surface area contributed by atoms with E-state index in [0.29, 0.717) is 12.5 Å². The molecule has 18 heavy (non-hydrogen) atoms. The maximum atomic E-state index is 11.5. The van der Waals surface area contributed by atoms with E-state index in [2.05, 4.69) is 24.3 Å². The summed E-state index contributed by atoms with van der Waals surface area (Å²) in [6.45, 7) is 4.70. The Morgan fingerprint density at radius 3 is 2.72 bits per heavy atom. The van der Waals surface area contributed by atoms with Crippen LogP contribution >= 0.6 is 0 Å². The Hall–Kier alpha value is -2.05. The van der Waals surface area contributed by atoms with Crippen molar-refractivity contribution in [2.24, 2.45) is 5.92 Å². The number of carbonyl (C=O) groups is 2. The van der Waals surface area contributed by atoms with Crippen LogP contribution in [0.5, 0.6) is 0 Å². The number of anilines is 1. The van der Waals surface area contributed by atoms with Crippen LogP contribution in [0.4, 0.5) is 5.69 Å². The van der Waals surface area contributed by atoms with Crippen LogP contribution < -0.4 is 11.1 Å². The van der Waals surface area contributed by atoms with Gasteiger partial charge in [0.2, 0.25) is 5.91 Å². The average molecular weight is 254 g/mol. The standard InChI is InChI=1S/C11H18N4O3/c1-7(2)3-4-13-9(16)6-15-5-8(12)10(14-15)11(17)18/h5,7H,3-4,6,12H2,1-2H3,(H,13,16)(H,17,18). The van der Waals surface area contributed by atoms with Crippen molar-refractivity contribution in [1.82, 2.24) is 15.1 Å². The Morgan fingerprint density at radius 1 is 1.56 bits per heavy atom. The van der Waals surface area contributed by atoms with E-state index in [4.69, 9.17) is 10.8 Å². The number of aromatic carboxylic acids is 1. The zero-order valence-corrected chi connectivity index (χ0v) is 10.5. The first-order valence-corrected chi connectivity index (χ1v) is 5.73. The highest BCUT2D eigenvalue weighted by Crippen LogP contribution is 2.08. The van der Waals surface area contributed by atoms with E-state index < -0.39 is 5.97 Å². The summed E-state index contributed by atoms with van der Waals surface area (Å²) in [5.74, 6) is -0.897. The van der Waals surface area contributed by atoms with Gasteiger partial charge in [-0.15, -0.1) is 0 Å². The molecule has 0 aliphatic rings. The zero-order valence-electron chi connectivity index (χ0n) is 10.5. The number of nitrogens with zero attached hydrogens (tertiary/aromatic N) is 2. The van der Waals surface area contributed by atoms with Gasteiger partial charge in [-0.3, -0.25) is 9.48 Å². The van der Waals surface area contributed by atoms with Gasteiger partial charge >= 0.3 is 5.97 Å². The highest BCUT2D eigenvalue weighted by atomic mass is 16.4. The molecule has 0 saturated carbocycles. The van der Waals surface area contributed by atoms with E-state index in [1.54, 1.807) is 0 Å². The molecule has 0 aliphatic heterocycles. The van der Waals surface area contributed by atoms with Gasteiger partial charge in [0.15, 0.2) is 5.69 Å². The molecule has 0 spiro atoms. The SMILES string of the molecule is CC(C)CCNC(=O)Cn1cc(N)c(C(=O)O)n1. The normalized spacial score (nSPS) is 10.6. The number of rotatable bonds is 6. The third-order valence-corrected chi connectivity index (χ3v) is 2.34. The maximum absolute atomic E-state index is 11.5. The van der Waals surface area contributed by atoms with Gasteiger partial charge in [0, 0.05) is 12.7 Å². The predicted octanol–water partition coefficient (Wildman–Crippen LogP) is 0.326. The van der Waals surface area contributed by atoms with Gasteiger partial charge in [0.05, 0.1) is 5.69 Å². The summed E-state index contributed by atoms with van der Waals surface area (Å²) < 4.78 is 1.23. The first-order valence-electron chi connectivity index (χ1n) is 5.73. The Morgan fingerprint density at radius 2 is 2.22 bits per heavy atom. The number of carboxylic acid groups (broad SMARTS) is 1. The fourth-order valence-electron chi connectivity index (χ4n) is 1.39. The molecule has 0 radical (unpaired) electrons. The third kappa shape index (κ3) is 4.08. The van der Waals surface area contributed by atoms with E-state index in [0.717, 1.165) is 6.42 Å². The molecule has 0 bridgehead atoms. The van der Waals surface area contributed by atoms with Gasteiger partial charge in [-0.1, -0.05) is 13.8 Å². The summed E-state index contributed by atoms with van der Waals surface area (Å²) in [5, 5.41) is 15.2. The predicted molar refractivity (Wildman–Crippen MR) is 66.1 cm³/mol. The van der Waals surface area contributed by atoms with Crippen molar-refractivity contribution in [2.75, 3.05) is 12.3 Å². The molecule has 1 rings (SSSR count). The molecule has 0 saturated heterocycles. The lowest BCUT2D eigenvalue weighted by molar-refractivity contribution is -0.121. The highest BCUT2D eigenvalue weighted by molar-refractivity contribution is 5.91. The topological polar surface area (TPSA) is 110 Å². The van der Waals surface area contributed by atoms with Crippen LogP contribution in [0.2, 0.25) is 0 Å². The van der Waals surface area contributed by atoms with E-state index in [-0.39, 0.29) is 23.8 Å². The second kappa shape index (κ2) is 6.04. The Balaban J connectivity index is 2.49. The van der Waals surface area contributed by atoms with Gasteiger partial charge < -0.3 is 16.2 Å². The number of carbonyl (C=O) groups excluding carboxylic acids is 1. The first-order chi connectivity index (χ1) is 8.40. The maximum Gasteiger partial charge on any atom is 0.358 e. The Labute approximate surface area is 105 Å². The van der Waals surface area contributed by atoms with Gasteiger partial charge in [-0.2, -0.15) is 5.10 Å². The number of amides is 1. The van der Waals surface area contributed by atoms with Crippen molar-refractivity contribution in [3.8, 4) is 0 Å². The molecule has 7 nitrogen and oxygen atoms in total. The van der Waals surface area contributed by atoms with Crippen molar-refractivity contribution in [3.05, 3.63) is 11.9 Å². The van der Waals surface area contributed by atoms with Crippen LogP contribution in [-0.4, -0.2) is 33.3 Å². The Kier molecular flexibility index (Phi) is 4.70. The number of hydrogen-bond donors (Lipinski definition) is 3. The smallest absolute Gasteiger partial charge is 0.358 e. The van der Waals surface area contributed by atoms with Crippen molar-refractivity contribution in [2.45, 2.75) is 26.8 Å². The largest absolute Gasteiger partial charge is 0.476 e. The summed E-state index contributed by atoms with van der Waals surface area (Å²) in [6.07, 6.45) is 2.23. The fraction of sp³-hybridized carbons (Fsp3) is 0.545. The van der Waals surface area contributed by atoms with Crippen LogP contribution in [0.3, 0.4) is 0 Å². The monoisotopic (exact) mass is 254 g/mol. The minimum absolute atomic E-state index is 0.0322. The summed E-state index contributed by atoms with van der Waals surface area (Å²) in [6, 6.07) is 0. The molecule has 0 atom stereocenters. The lowest BCUT2D eigenvalue weighted by atomic mass is 10.1. The molecule has 0 aliphatic carbocycles. The van der Waals surface area contributed by atoms with Gasteiger partial charge in [0.25, 0.3) is 0 Å². The van der Waals surface area contributed by atoms with Crippen molar-refractivity contribution in [3.63, 3.8) is 0 Å². The van der Waals surface area contributed by atoms with Crippen LogP contribution in [0, 0.1) is 5.92 Å². The Bertz CT molecular complexity index is 439. The fourth-order valence-corrected chi connectivity index (χ4v) is 1.39. The summed E-state index contributed by atoms with van der Waals surface area (Å²) in [7, 11) is 0. The zero-order chi connectivity index (χ0) is 13.7. The molecule has 0 aromatic carbocycles. The van der Waals surface area contributed by atoms with E-state index in [9.17, 15) is 9.59 Å². The number of hydrogen-bond acceptors (Lipinski definition) is 4. The first kappa shape index (κ1) is 14.0. The number of carboxylic acids is 1. The quantitative estimate of drug-likeness (QED) is 0.677. The lowest BCUT2D eigenvalue weighted by Crippen LogP contribution is -2.29. The third-order valence-electron chi connectivity index (χ3n) is 2.34. The molecule has 1 heterocycles. The number of aromatic nitrogens is 2. The summed E-state index contributed by atoms with van der Waals surface area (Å²) >= 11 is 0. The number of nitrogens with one attached hydrogen (secondary N) is 1. The van der Waals surface area contributed by atoms with Crippen LogP contribution in [0.15, 0.2) is 6.20 Å². The van der Waals surface area contributed by atoms with E-state index in [1.165, 1.54) is 10.9 Å². The minimum Gasteiger partial charge on any atom is -0.476 e. The highest BCUT2D eigenvalue weighted by Gasteiger charge is 2.14. The summed E-state index contributed by atoms with van der Waals surface area (Å²) in [4.78, 5) is 22.2. The van der Waals surface area contributed by atoms with Crippen molar-refractivity contribution in [1.29, 1.82) is 0 Å². The molecule has 0 fully saturated rings. The molecule has 1 aromatic rings. The molecular formula is C11H18N4O3. The minimum atomic E-state index is -1.20. The molecule has 100 valence electrons. The number of nitrogen functional groups attached to an aromatic ring is 1. The lowest BCUT2D eigenvalue weighted by Gasteiger charge is -2.06. The molecular weight excluding hydrogens is 236 g/mol.